The van der Waals surface area contributed by atoms with Crippen molar-refractivity contribution in [1.82, 2.24) is 5.32 Å². The summed E-state index contributed by atoms with van der Waals surface area (Å²) in [6, 6.07) is 0. The normalized spacial score (nSPS) is 12.0. The minimum Gasteiger partial charge on any atom is -0.355 e. The van der Waals surface area contributed by atoms with Crippen molar-refractivity contribution in [2.75, 3.05) is 11.0 Å². The Morgan fingerprint density at radius 3 is 2.31 bits per heavy atom. The molecule has 0 aliphatic heterocycles. The van der Waals surface area contributed by atoms with E-state index in [0.717, 1.165) is 12.8 Å². The maximum atomic E-state index is 11.2. The maximum absolute atomic E-state index is 11.2. The predicted molar refractivity (Wildman–Crippen MR) is 77.5 cm³/mol. The van der Waals surface area contributed by atoms with Gasteiger partial charge in [-0.25, -0.2) is 0 Å². The molecule has 1 N–H and O–H groups in total. The van der Waals surface area contributed by atoms with Gasteiger partial charge in [0.15, 0.2) is 0 Å². The zero-order chi connectivity index (χ0) is 12.8. The number of hydrogen-bond donors (Lipinski definition) is 1. The van der Waals surface area contributed by atoms with E-state index >= 15 is 0 Å². The van der Waals surface area contributed by atoms with E-state index in [2.05, 4.69) is 61.5 Å². The second-order valence-corrected chi connectivity index (χ2v) is 6.56. The lowest BCUT2D eigenvalue weighted by Gasteiger charge is -2.34. The number of nitrogens with one attached hydrogen (secondary N) is 1. The summed E-state index contributed by atoms with van der Waals surface area (Å²) < 4.78 is 0.515. The molecule has 2 nitrogen and oxygen atoms in total. The van der Waals surface area contributed by atoms with Crippen LogP contribution in [0, 0.1) is 23.2 Å². The van der Waals surface area contributed by atoms with E-state index in [-0.39, 0.29) is 16.7 Å². The van der Waals surface area contributed by atoms with E-state index < -0.39 is 0 Å². The van der Waals surface area contributed by atoms with Crippen LogP contribution in [0.2, 0.25) is 0 Å². The van der Waals surface area contributed by atoms with Crippen LogP contribution in [0.15, 0.2) is 0 Å². The third kappa shape index (κ3) is 7.10. The number of carbonyl (C=O) groups is 1. The summed E-state index contributed by atoms with van der Waals surface area (Å²) in [6.45, 7) is 9.39. The topological polar surface area (TPSA) is 29.1 Å². The zero-order valence-corrected chi connectivity index (χ0v) is 12.8. The molecule has 0 aromatic rings. The van der Waals surface area contributed by atoms with Crippen molar-refractivity contribution in [3.05, 3.63) is 0 Å². The monoisotopic (exact) mass is 335 g/mol. The number of halogens is 1. The smallest absolute Gasteiger partial charge is 0.229 e. The molecule has 0 bridgehead atoms. The second kappa shape index (κ2) is 6.48. The van der Waals surface area contributed by atoms with E-state index in [4.69, 9.17) is 6.42 Å². The number of amides is 1. The molecular weight excluding hydrogens is 313 g/mol. The van der Waals surface area contributed by atoms with Crippen LogP contribution in [0.4, 0.5) is 0 Å². The highest BCUT2D eigenvalue weighted by Gasteiger charge is 2.28. The minimum absolute atomic E-state index is 0.0851. The summed E-state index contributed by atoms with van der Waals surface area (Å²) >= 11 is 2.07. The summed E-state index contributed by atoms with van der Waals surface area (Å²) in [7, 11) is 0. The third-order valence-corrected chi connectivity index (χ3v) is 3.12. The molecule has 92 valence electrons. The molecule has 16 heavy (non-hydrogen) atoms. The van der Waals surface area contributed by atoms with Crippen molar-refractivity contribution in [1.29, 1.82) is 0 Å². The molecule has 0 unspecified atom stereocenters. The molecule has 0 aromatic carbocycles. The first-order chi connectivity index (χ1) is 7.22. The highest BCUT2D eigenvalue weighted by molar-refractivity contribution is 14.1. The fourth-order valence-corrected chi connectivity index (χ4v) is 2.35. The van der Waals surface area contributed by atoms with E-state index in [1.54, 1.807) is 0 Å². The molecular formula is C13H22INO. The van der Waals surface area contributed by atoms with Gasteiger partial charge in [-0.1, -0.05) is 50.3 Å². The Balaban J connectivity index is 4.24. The molecule has 0 heterocycles. The molecule has 0 aliphatic carbocycles. The van der Waals surface area contributed by atoms with Crippen LogP contribution in [0.3, 0.4) is 0 Å². The van der Waals surface area contributed by atoms with Crippen molar-refractivity contribution in [2.24, 2.45) is 10.8 Å². The SMILES string of the molecule is C#CCC(C)(C)CC(C)(C)CNC(=O)CI. The molecule has 1 amide bonds. The zero-order valence-electron chi connectivity index (χ0n) is 10.7. The summed E-state index contributed by atoms with van der Waals surface area (Å²) in [6.07, 6.45) is 7.14. The van der Waals surface area contributed by atoms with Crippen LogP contribution in [0.1, 0.15) is 40.5 Å². The van der Waals surface area contributed by atoms with Crippen LogP contribution in [-0.2, 0) is 4.79 Å². The van der Waals surface area contributed by atoms with E-state index in [9.17, 15) is 4.79 Å². The molecule has 0 spiro atoms. The highest BCUT2D eigenvalue weighted by atomic mass is 127. The minimum atomic E-state index is 0.0851. The number of terminal acetylenes is 1. The fourth-order valence-electron chi connectivity index (χ4n) is 2.08. The molecule has 0 aliphatic rings. The van der Waals surface area contributed by atoms with Gasteiger partial charge in [0, 0.05) is 13.0 Å². The lowest BCUT2D eigenvalue weighted by Crippen LogP contribution is -2.37. The standard InChI is InChI=1S/C13H22INO/c1-6-7-12(2,3)9-13(4,5)10-15-11(16)8-14/h1H,7-10H2,2-5H3,(H,15,16). The lowest BCUT2D eigenvalue weighted by molar-refractivity contribution is -0.118. The number of carbonyl (C=O) groups excluding carboxylic acids is 1. The highest BCUT2D eigenvalue weighted by Crippen LogP contribution is 2.35. The van der Waals surface area contributed by atoms with Crippen molar-refractivity contribution < 1.29 is 4.79 Å². The van der Waals surface area contributed by atoms with Crippen molar-refractivity contribution in [3.8, 4) is 12.3 Å². The van der Waals surface area contributed by atoms with Crippen molar-refractivity contribution >= 4 is 28.5 Å². The average Bonchev–Trinajstić information content (AvgIpc) is 2.12. The molecule has 0 radical (unpaired) electrons. The second-order valence-electron chi connectivity index (χ2n) is 5.80. The van der Waals surface area contributed by atoms with Gasteiger partial charge < -0.3 is 5.32 Å². The first kappa shape index (κ1) is 15.8. The van der Waals surface area contributed by atoms with Crippen LogP contribution in [-0.4, -0.2) is 16.9 Å². The third-order valence-electron chi connectivity index (χ3n) is 2.42. The summed E-state index contributed by atoms with van der Waals surface area (Å²) in [5.41, 5.74) is 0.217. The van der Waals surface area contributed by atoms with Crippen LogP contribution in [0.5, 0.6) is 0 Å². The molecule has 3 heteroatoms. The van der Waals surface area contributed by atoms with Gasteiger partial charge in [0.1, 0.15) is 0 Å². The average molecular weight is 335 g/mol. The first-order valence-corrected chi connectivity index (χ1v) is 7.01. The van der Waals surface area contributed by atoms with Gasteiger partial charge in [-0.15, -0.1) is 12.3 Å². The van der Waals surface area contributed by atoms with Gasteiger partial charge in [0.25, 0.3) is 0 Å². The molecule has 0 atom stereocenters. The molecule has 0 aromatic heterocycles. The summed E-state index contributed by atoms with van der Waals surface area (Å²) in [5.74, 6) is 2.82. The van der Waals surface area contributed by atoms with Gasteiger partial charge in [-0.2, -0.15) is 0 Å². The molecule has 0 saturated carbocycles. The Morgan fingerprint density at radius 2 is 1.88 bits per heavy atom. The van der Waals surface area contributed by atoms with Crippen molar-refractivity contribution in [2.45, 2.75) is 40.5 Å². The first-order valence-electron chi connectivity index (χ1n) is 5.48. The number of alkyl halides is 1. The van der Waals surface area contributed by atoms with Crippen LogP contribution in [0.25, 0.3) is 0 Å². The van der Waals surface area contributed by atoms with E-state index in [1.807, 2.05) is 0 Å². The molecule has 0 fully saturated rings. The van der Waals surface area contributed by atoms with Gasteiger partial charge in [-0.05, 0) is 17.3 Å². The Kier molecular flexibility index (Phi) is 6.39. The van der Waals surface area contributed by atoms with E-state index in [1.165, 1.54) is 0 Å². The Hall–Kier alpha value is -0.240. The van der Waals surface area contributed by atoms with Crippen LogP contribution < -0.4 is 5.32 Å². The van der Waals surface area contributed by atoms with Crippen LogP contribution >= 0.6 is 22.6 Å². The lowest BCUT2D eigenvalue weighted by atomic mass is 9.73. The Labute approximate surface area is 113 Å². The number of rotatable bonds is 6. The number of hydrogen-bond acceptors (Lipinski definition) is 1. The summed E-state index contributed by atoms with van der Waals surface area (Å²) in [4.78, 5) is 11.2. The van der Waals surface area contributed by atoms with Crippen molar-refractivity contribution in [3.63, 3.8) is 0 Å². The van der Waals surface area contributed by atoms with Gasteiger partial charge >= 0.3 is 0 Å². The molecule has 0 saturated heterocycles. The Morgan fingerprint density at radius 1 is 1.31 bits per heavy atom. The predicted octanol–water partition coefficient (Wildman–Crippen LogP) is 3.00. The Bertz CT molecular complexity index is 276. The maximum Gasteiger partial charge on any atom is 0.229 e. The quantitative estimate of drug-likeness (QED) is 0.451. The largest absolute Gasteiger partial charge is 0.355 e. The summed E-state index contributed by atoms with van der Waals surface area (Å²) in [5, 5.41) is 2.94. The fraction of sp³-hybridized carbons (Fsp3) is 0.769. The molecule has 0 rings (SSSR count). The van der Waals surface area contributed by atoms with Gasteiger partial charge in [0.05, 0.1) is 4.43 Å². The van der Waals surface area contributed by atoms with Gasteiger partial charge in [0.2, 0.25) is 5.91 Å². The van der Waals surface area contributed by atoms with E-state index in [0.29, 0.717) is 11.0 Å². The van der Waals surface area contributed by atoms with Gasteiger partial charge in [-0.3, -0.25) is 4.79 Å².